The van der Waals surface area contributed by atoms with E-state index >= 15 is 0 Å². The number of allylic oxidation sites excluding steroid dienone is 2. The van der Waals surface area contributed by atoms with Crippen LogP contribution in [0.5, 0.6) is 0 Å². The Bertz CT molecular complexity index is 789. The average molecular weight is 369 g/mol. The number of nitrogen functional groups attached to an aromatic ring is 1. The van der Waals surface area contributed by atoms with Crippen LogP contribution < -0.4 is 5.73 Å². The molecule has 0 unspecified atom stereocenters. The molecule has 1 aliphatic carbocycles. The largest absolute Gasteiger partial charge is 0.399 e. The van der Waals surface area contributed by atoms with Crippen molar-refractivity contribution in [3.05, 3.63) is 36.0 Å². The first kappa shape index (κ1) is 19.3. The van der Waals surface area contributed by atoms with E-state index in [4.69, 9.17) is 5.73 Å². The lowest BCUT2D eigenvalue weighted by Crippen LogP contribution is -2.51. The maximum absolute atomic E-state index is 6.20. The summed E-state index contributed by atoms with van der Waals surface area (Å²) in [6.45, 7) is 14.6. The Labute approximate surface area is 160 Å². The number of hydrogen-bond acceptors (Lipinski definition) is 1. The number of fused-ring (bicyclic) bond motifs is 1. The molecule has 0 saturated carbocycles. The predicted molar refractivity (Wildman–Crippen MR) is 119 cm³/mol. The van der Waals surface area contributed by atoms with Crippen molar-refractivity contribution < 1.29 is 0 Å². The summed E-state index contributed by atoms with van der Waals surface area (Å²) in [5.41, 5.74) is 13.5. The maximum atomic E-state index is 6.20. The summed E-state index contributed by atoms with van der Waals surface area (Å²) in [4.78, 5) is 0. The molecule has 0 amide bonds. The molecule has 3 heteroatoms. The minimum Gasteiger partial charge on any atom is -0.399 e. The zero-order valence-electron chi connectivity index (χ0n) is 17.5. The zero-order valence-corrected chi connectivity index (χ0v) is 18.5. The van der Waals surface area contributed by atoms with Gasteiger partial charge in [0.05, 0.1) is 0 Å². The number of nitrogens with zero attached hydrogens (tertiary/aromatic N) is 1. The van der Waals surface area contributed by atoms with E-state index in [9.17, 15) is 0 Å². The van der Waals surface area contributed by atoms with E-state index in [0.29, 0.717) is 16.6 Å². The van der Waals surface area contributed by atoms with E-state index in [1.807, 2.05) is 0 Å². The van der Waals surface area contributed by atoms with Crippen molar-refractivity contribution in [3.63, 3.8) is 0 Å². The molecule has 0 bridgehead atoms. The molecule has 1 aliphatic rings. The van der Waals surface area contributed by atoms with Gasteiger partial charge in [-0.3, -0.25) is 0 Å². The van der Waals surface area contributed by atoms with Crippen LogP contribution in [0.1, 0.15) is 72.8 Å². The van der Waals surface area contributed by atoms with Gasteiger partial charge in [0.15, 0.2) is 8.24 Å². The third kappa shape index (κ3) is 2.94. The van der Waals surface area contributed by atoms with E-state index in [0.717, 1.165) is 5.69 Å². The zero-order chi connectivity index (χ0) is 19.1. The fraction of sp³-hybridized carbons (Fsp3) is 0.565. The molecule has 0 radical (unpaired) electrons. The Kier molecular flexibility index (Phi) is 5.39. The van der Waals surface area contributed by atoms with Crippen LogP contribution in [0, 0.1) is 0 Å². The molecule has 2 aromatic rings. The fourth-order valence-electron chi connectivity index (χ4n) is 5.74. The smallest absolute Gasteiger partial charge is 0.169 e. The van der Waals surface area contributed by atoms with Crippen LogP contribution in [-0.4, -0.2) is 12.5 Å². The monoisotopic (exact) mass is 368 g/mol. The first-order chi connectivity index (χ1) is 12.3. The van der Waals surface area contributed by atoms with Crippen molar-refractivity contribution in [1.29, 1.82) is 0 Å². The Morgan fingerprint density at radius 2 is 1.62 bits per heavy atom. The van der Waals surface area contributed by atoms with E-state index in [1.165, 1.54) is 47.7 Å². The molecule has 3 rings (SSSR count). The summed E-state index contributed by atoms with van der Waals surface area (Å²) in [5, 5.41) is 1.36. The van der Waals surface area contributed by atoms with Gasteiger partial charge in [-0.25, -0.2) is 0 Å². The van der Waals surface area contributed by atoms with E-state index in [-0.39, 0.29) is 0 Å². The van der Waals surface area contributed by atoms with Crippen LogP contribution in [0.3, 0.4) is 0 Å². The van der Waals surface area contributed by atoms with Gasteiger partial charge in [-0.2, -0.15) is 0 Å². The molecule has 1 aromatic heterocycles. The molecule has 0 aliphatic heterocycles. The van der Waals surface area contributed by atoms with E-state index in [1.54, 1.807) is 0 Å². The van der Waals surface area contributed by atoms with Crippen LogP contribution in [0.15, 0.2) is 30.5 Å². The standard InChI is InChI=1S/C23H36N2Si/c1-16(2)26(17(3)4,18(5)6)25-15-22(19-10-8-7-9-11-19)21-14-20(24)12-13-23(21)25/h10,12-18H,7-9,11,24H2,1-6H3. The summed E-state index contributed by atoms with van der Waals surface area (Å²) in [6, 6.07) is 6.56. The molecule has 2 nitrogen and oxygen atoms in total. The van der Waals surface area contributed by atoms with Crippen molar-refractivity contribution >= 4 is 30.4 Å². The highest BCUT2D eigenvalue weighted by Gasteiger charge is 2.46. The van der Waals surface area contributed by atoms with Crippen LogP contribution in [0.2, 0.25) is 16.6 Å². The molecular weight excluding hydrogens is 332 g/mol. The minimum atomic E-state index is -1.78. The number of rotatable bonds is 5. The van der Waals surface area contributed by atoms with Crippen LogP contribution in [-0.2, 0) is 0 Å². The van der Waals surface area contributed by atoms with Crippen molar-refractivity contribution in [1.82, 2.24) is 4.23 Å². The first-order valence-electron chi connectivity index (χ1n) is 10.4. The number of benzene rings is 1. The topological polar surface area (TPSA) is 30.9 Å². The SMILES string of the molecule is CC(C)[Si](C(C)C)(C(C)C)n1cc(C2=CCCCC2)c2cc(N)ccc21. The molecule has 0 atom stereocenters. The molecule has 1 aromatic carbocycles. The average Bonchev–Trinajstić information content (AvgIpc) is 2.94. The summed E-state index contributed by atoms with van der Waals surface area (Å²) in [5.74, 6) is 0. The quantitative estimate of drug-likeness (QED) is 0.439. The molecule has 1 heterocycles. The second kappa shape index (κ2) is 7.26. The van der Waals surface area contributed by atoms with Gasteiger partial charge in [0.2, 0.25) is 0 Å². The van der Waals surface area contributed by atoms with Gasteiger partial charge < -0.3 is 9.97 Å². The van der Waals surface area contributed by atoms with Crippen LogP contribution in [0.4, 0.5) is 5.69 Å². The van der Waals surface area contributed by atoms with Gasteiger partial charge in [0.1, 0.15) is 0 Å². The second-order valence-electron chi connectivity index (χ2n) is 9.02. The van der Waals surface area contributed by atoms with Gasteiger partial charge in [0, 0.05) is 28.4 Å². The van der Waals surface area contributed by atoms with Gasteiger partial charge in [-0.1, -0.05) is 47.6 Å². The van der Waals surface area contributed by atoms with Crippen molar-refractivity contribution in [2.45, 2.75) is 83.8 Å². The third-order valence-corrected chi connectivity index (χ3v) is 13.4. The van der Waals surface area contributed by atoms with E-state index in [2.05, 4.69) is 76.2 Å². The lowest BCUT2D eigenvalue weighted by molar-refractivity contribution is 0.741. The number of aromatic nitrogens is 1. The van der Waals surface area contributed by atoms with Crippen LogP contribution in [0.25, 0.3) is 16.5 Å². The summed E-state index contributed by atoms with van der Waals surface area (Å²) in [7, 11) is -1.78. The number of hydrogen-bond donors (Lipinski definition) is 1. The van der Waals surface area contributed by atoms with Gasteiger partial charge in [-0.15, -0.1) is 0 Å². The fourth-order valence-corrected chi connectivity index (χ4v) is 12.4. The van der Waals surface area contributed by atoms with Crippen molar-refractivity contribution in [2.24, 2.45) is 0 Å². The van der Waals surface area contributed by atoms with Gasteiger partial charge in [-0.05, 0) is 66.1 Å². The summed E-state index contributed by atoms with van der Waals surface area (Å²) >= 11 is 0. The van der Waals surface area contributed by atoms with Crippen LogP contribution >= 0.6 is 0 Å². The lowest BCUT2D eigenvalue weighted by Gasteiger charge is -2.44. The summed E-state index contributed by atoms with van der Waals surface area (Å²) < 4.78 is 2.74. The molecule has 142 valence electrons. The Balaban J connectivity index is 2.34. The second-order valence-corrected chi connectivity index (χ2v) is 14.7. The molecule has 0 fully saturated rings. The molecule has 2 N–H and O–H groups in total. The maximum Gasteiger partial charge on any atom is 0.169 e. The molecule has 0 spiro atoms. The predicted octanol–water partition coefficient (Wildman–Crippen LogP) is 7.20. The van der Waals surface area contributed by atoms with Gasteiger partial charge in [0.25, 0.3) is 0 Å². The Hall–Kier alpha value is -1.48. The number of anilines is 1. The third-order valence-electron chi connectivity index (χ3n) is 6.66. The molecule has 26 heavy (non-hydrogen) atoms. The summed E-state index contributed by atoms with van der Waals surface area (Å²) in [6.07, 6.45) is 10.0. The van der Waals surface area contributed by atoms with E-state index < -0.39 is 8.24 Å². The first-order valence-corrected chi connectivity index (χ1v) is 12.6. The lowest BCUT2D eigenvalue weighted by atomic mass is 9.93. The van der Waals surface area contributed by atoms with Crippen molar-refractivity contribution in [2.75, 3.05) is 5.73 Å². The molecule has 0 saturated heterocycles. The van der Waals surface area contributed by atoms with Crippen molar-refractivity contribution in [3.8, 4) is 0 Å². The van der Waals surface area contributed by atoms with Gasteiger partial charge >= 0.3 is 0 Å². The Morgan fingerprint density at radius 1 is 0.962 bits per heavy atom. The molecular formula is C23H36N2Si. The minimum absolute atomic E-state index is 0.684. The highest BCUT2D eigenvalue weighted by atomic mass is 28.3. The Morgan fingerprint density at radius 3 is 2.15 bits per heavy atom. The normalized spacial score (nSPS) is 16.1. The highest BCUT2D eigenvalue weighted by Crippen LogP contribution is 2.46. The highest BCUT2D eigenvalue weighted by molar-refractivity contribution is 6.82. The number of nitrogens with two attached hydrogens (primary N) is 1.